The summed E-state index contributed by atoms with van der Waals surface area (Å²) in [5.41, 5.74) is 0.210. The lowest BCUT2D eigenvalue weighted by molar-refractivity contribution is -0.117. The highest BCUT2D eigenvalue weighted by molar-refractivity contribution is 6.35. The third-order valence-corrected chi connectivity index (χ3v) is 5.28. The molecule has 4 nitrogen and oxygen atoms in total. The molecule has 1 aromatic rings. The number of halogens is 1. The normalized spacial score (nSPS) is 28.1. The van der Waals surface area contributed by atoms with Crippen LogP contribution in [0.2, 0.25) is 5.02 Å². The molecule has 1 amide bonds. The van der Waals surface area contributed by atoms with E-state index in [1.807, 2.05) is 0 Å². The third kappa shape index (κ3) is 2.17. The van der Waals surface area contributed by atoms with Gasteiger partial charge < -0.3 is 15.2 Å². The number of carbonyl (C=O) groups is 1. The number of carbonyl (C=O) groups excluding carboxylic acids is 1. The number of aliphatic hydroxyl groups is 1. The van der Waals surface area contributed by atoms with Crippen molar-refractivity contribution in [3.63, 3.8) is 0 Å². The fraction of sp³-hybridized carbons (Fsp3) is 0.471. The molecule has 0 radical (unpaired) electrons. The van der Waals surface area contributed by atoms with Gasteiger partial charge >= 0.3 is 0 Å². The highest BCUT2D eigenvalue weighted by Crippen LogP contribution is 2.45. The van der Waals surface area contributed by atoms with Gasteiger partial charge in [0.05, 0.1) is 17.7 Å². The molecule has 1 aliphatic heterocycles. The van der Waals surface area contributed by atoms with Gasteiger partial charge in [0.1, 0.15) is 17.0 Å². The van der Waals surface area contributed by atoms with Crippen molar-refractivity contribution in [3.05, 3.63) is 34.5 Å². The largest absolute Gasteiger partial charge is 0.509 e. The quantitative estimate of drug-likeness (QED) is 0.873. The lowest BCUT2D eigenvalue weighted by Gasteiger charge is -2.39. The number of nitrogens with one attached hydrogen (secondary N) is 1. The van der Waals surface area contributed by atoms with Crippen molar-refractivity contribution < 1.29 is 14.6 Å². The minimum Gasteiger partial charge on any atom is -0.509 e. The van der Waals surface area contributed by atoms with E-state index in [4.69, 9.17) is 16.3 Å². The molecule has 1 aliphatic carbocycles. The first-order valence-electron chi connectivity index (χ1n) is 7.59. The number of rotatable bonds is 2. The molecule has 118 valence electrons. The van der Waals surface area contributed by atoms with Crippen LogP contribution in [0.4, 0.5) is 0 Å². The predicted octanol–water partition coefficient (Wildman–Crippen LogP) is 3.70. The van der Waals surface area contributed by atoms with Crippen LogP contribution in [0.15, 0.2) is 24.0 Å². The maximum atomic E-state index is 12.5. The summed E-state index contributed by atoms with van der Waals surface area (Å²) in [6.45, 7) is 2.08. The van der Waals surface area contributed by atoms with Crippen LogP contribution in [-0.4, -0.2) is 23.7 Å². The van der Waals surface area contributed by atoms with E-state index in [9.17, 15) is 9.90 Å². The van der Waals surface area contributed by atoms with Crippen LogP contribution in [0, 0.1) is 5.92 Å². The fourth-order valence-corrected chi connectivity index (χ4v) is 3.88. The fourth-order valence-electron chi connectivity index (χ4n) is 3.61. The Hall–Kier alpha value is -1.68. The Labute approximate surface area is 135 Å². The van der Waals surface area contributed by atoms with Crippen LogP contribution >= 0.6 is 11.6 Å². The Balaban J connectivity index is 2.09. The van der Waals surface area contributed by atoms with Crippen LogP contribution in [-0.2, 0) is 4.79 Å². The summed E-state index contributed by atoms with van der Waals surface area (Å²) in [5, 5.41) is 14.2. The lowest BCUT2D eigenvalue weighted by atomic mass is 9.73. The Bertz CT molecular complexity index is 655. The predicted molar refractivity (Wildman–Crippen MR) is 86.1 cm³/mol. The van der Waals surface area contributed by atoms with E-state index < -0.39 is 5.54 Å². The number of ether oxygens (including phenoxy) is 1. The standard InChI is InChI=1S/C17H20ClNO3/c1-10-5-3-4-8-17(10)15(20)14(16(21)19-17)12-7-6-11(22-2)9-13(12)18/h6-7,9-10,20H,3-5,8H2,1-2H3,(H,19,21). The first kappa shape index (κ1) is 15.2. The molecular weight excluding hydrogens is 302 g/mol. The minimum atomic E-state index is -0.631. The SMILES string of the molecule is COc1ccc(C2=C(O)C3(CCCCC3C)NC2=O)c(Cl)c1. The lowest BCUT2D eigenvalue weighted by Crippen LogP contribution is -2.51. The molecule has 2 atom stereocenters. The van der Waals surface area contributed by atoms with Crippen molar-refractivity contribution in [1.29, 1.82) is 0 Å². The van der Waals surface area contributed by atoms with Crippen LogP contribution < -0.4 is 10.1 Å². The van der Waals surface area contributed by atoms with E-state index in [-0.39, 0.29) is 17.6 Å². The molecule has 1 spiro atoms. The summed E-state index contributed by atoms with van der Waals surface area (Å²) in [5.74, 6) is 0.711. The van der Waals surface area contributed by atoms with Gasteiger partial charge in [0, 0.05) is 5.56 Å². The number of benzene rings is 1. The highest BCUT2D eigenvalue weighted by atomic mass is 35.5. The number of hydrogen-bond acceptors (Lipinski definition) is 3. The summed E-state index contributed by atoms with van der Waals surface area (Å²) in [6, 6.07) is 5.11. The highest BCUT2D eigenvalue weighted by Gasteiger charge is 2.50. The van der Waals surface area contributed by atoms with Gasteiger partial charge in [-0.2, -0.15) is 0 Å². The van der Waals surface area contributed by atoms with Gasteiger partial charge in [-0.05, 0) is 37.0 Å². The van der Waals surface area contributed by atoms with E-state index in [1.165, 1.54) is 0 Å². The molecule has 3 rings (SSSR count). The van der Waals surface area contributed by atoms with Gasteiger partial charge in [-0.15, -0.1) is 0 Å². The number of hydrogen-bond donors (Lipinski definition) is 2. The maximum Gasteiger partial charge on any atom is 0.256 e. The molecule has 1 fully saturated rings. The molecule has 22 heavy (non-hydrogen) atoms. The molecule has 0 bridgehead atoms. The van der Waals surface area contributed by atoms with Gasteiger partial charge in [-0.1, -0.05) is 31.4 Å². The van der Waals surface area contributed by atoms with Crippen molar-refractivity contribution in [2.24, 2.45) is 5.92 Å². The average Bonchev–Trinajstić information content (AvgIpc) is 2.74. The summed E-state index contributed by atoms with van der Waals surface area (Å²) in [6.07, 6.45) is 3.89. The summed E-state index contributed by atoms with van der Waals surface area (Å²) in [7, 11) is 1.56. The minimum absolute atomic E-state index is 0.136. The first-order chi connectivity index (χ1) is 10.5. The number of aliphatic hydroxyl groups excluding tert-OH is 1. The van der Waals surface area contributed by atoms with E-state index in [0.717, 1.165) is 25.7 Å². The summed E-state index contributed by atoms with van der Waals surface area (Å²) in [4.78, 5) is 12.5. The number of amides is 1. The molecule has 1 saturated carbocycles. The average molecular weight is 322 g/mol. The van der Waals surface area contributed by atoms with E-state index in [2.05, 4.69) is 12.2 Å². The summed E-state index contributed by atoms with van der Waals surface area (Å²) >= 11 is 6.28. The Morgan fingerprint density at radius 3 is 2.82 bits per heavy atom. The van der Waals surface area contributed by atoms with Crippen LogP contribution in [0.25, 0.3) is 5.57 Å². The Morgan fingerprint density at radius 2 is 2.18 bits per heavy atom. The Kier molecular flexibility index (Phi) is 3.81. The van der Waals surface area contributed by atoms with Gasteiger partial charge in [0.25, 0.3) is 5.91 Å². The molecule has 5 heteroatoms. The topological polar surface area (TPSA) is 58.6 Å². The zero-order valence-electron chi connectivity index (χ0n) is 12.8. The monoisotopic (exact) mass is 321 g/mol. The van der Waals surface area contributed by atoms with Crippen molar-refractivity contribution in [1.82, 2.24) is 5.32 Å². The molecule has 1 aromatic carbocycles. The molecule has 1 heterocycles. The zero-order chi connectivity index (χ0) is 15.9. The van der Waals surface area contributed by atoms with Crippen LogP contribution in [0.3, 0.4) is 0 Å². The third-order valence-electron chi connectivity index (χ3n) is 4.97. The van der Waals surface area contributed by atoms with Gasteiger partial charge in [-0.25, -0.2) is 0 Å². The zero-order valence-corrected chi connectivity index (χ0v) is 13.5. The summed E-state index contributed by atoms with van der Waals surface area (Å²) < 4.78 is 5.13. The second-order valence-corrected chi connectivity index (χ2v) is 6.55. The van der Waals surface area contributed by atoms with Crippen molar-refractivity contribution in [2.75, 3.05) is 7.11 Å². The van der Waals surface area contributed by atoms with Crippen molar-refractivity contribution in [2.45, 2.75) is 38.1 Å². The molecule has 0 saturated heterocycles. The molecule has 2 aliphatic rings. The maximum absolute atomic E-state index is 12.5. The van der Waals surface area contributed by atoms with E-state index in [1.54, 1.807) is 25.3 Å². The number of methoxy groups -OCH3 is 1. The van der Waals surface area contributed by atoms with Crippen molar-refractivity contribution >= 4 is 23.1 Å². The second kappa shape index (κ2) is 5.51. The van der Waals surface area contributed by atoms with E-state index in [0.29, 0.717) is 21.9 Å². The second-order valence-electron chi connectivity index (χ2n) is 6.14. The molecule has 2 unspecified atom stereocenters. The smallest absolute Gasteiger partial charge is 0.256 e. The van der Waals surface area contributed by atoms with Gasteiger partial charge in [-0.3, -0.25) is 4.79 Å². The van der Waals surface area contributed by atoms with Gasteiger partial charge in [0.2, 0.25) is 0 Å². The van der Waals surface area contributed by atoms with Crippen LogP contribution in [0.1, 0.15) is 38.2 Å². The molecular formula is C17H20ClNO3. The molecule has 0 aromatic heterocycles. The Morgan fingerprint density at radius 1 is 1.41 bits per heavy atom. The van der Waals surface area contributed by atoms with E-state index >= 15 is 0 Å². The van der Waals surface area contributed by atoms with Crippen molar-refractivity contribution in [3.8, 4) is 5.75 Å². The first-order valence-corrected chi connectivity index (χ1v) is 7.97. The molecule has 2 N–H and O–H groups in total. The van der Waals surface area contributed by atoms with Crippen LogP contribution in [0.5, 0.6) is 5.75 Å². The van der Waals surface area contributed by atoms with Gasteiger partial charge in [0.15, 0.2) is 0 Å².